The average Bonchev–Trinajstić information content (AvgIpc) is 2.72. The second-order valence-electron chi connectivity index (χ2n) is 3.85. The molecule has 0 aliphatic heterocycles. The molecular formula is C12H17N5. The van der Waals surface area contributed by atoms with Crippen LogP contribution in [0.4, 0.5) is 5.95 Å². The summed E-state index contributed by atoms with van der Waals surface area (Å²) in [7, 11) is 3.78. The Hall–Kier alpha value is -1.88. The Labute approximate surface area is 101 Å². The molecule has 0 aliphatic carbocycles. The molecule has 0 amide bonds. The zero-order valence-corrected chi connectivity index (χ0v) is 10.1. The van der Waals surface area contributed by atoms with E-state index in [9.17, 15) is 0 Å². The maximum absolute atomic E-state index is 5.62. The summed E-state index contributed by atoms with van der Waals surface area (Å²) in [6.45, 7) is 0.633. The van der Waals surface area contributed by atoms with Crippen molar-refractivity contribution in [3.05, 3.63) is 29.8 Å². The summed E-state index contributed by atoms with van der Waals surface area (Å²) in [6.07, 6.45) is 0.845. The number of hydrogen-bond acceptors (Lipinski definition) is 4. The van der Waals surface area contributed by atoms with Gasteiger partial charge in [-0.2, -0.15) is 0 Å². The van der Waals surface area contributed by atoms with E-state index in [1.54, 1.807) is 0 Å². The van der Waals surface area contributed by atoms with E-state index in [1.165, 1.54) is 5.56 Å². The average molecular weight is 231 g/mol. The summed E-state index contributed by atoms with van der Waals surface area (Å²) in [5.74, 6) is 1.61. The van der Waals surface area contributed by atoms with Crippen molar-refractivity contribution in [3.8, 4) is 11.4 Å². The maximum Gasteiger partial charge on any atom is 0.224 e. The normalized spacial score (nSPS) is 10.5. The molecular weight excluding hydrogens is 214 g/mol. The molecule has 2 aromatic rings. The Balaban J connectivity index is 2.48. The van der Waals surface area contributed by atoms with Crippen LogP contribution in [0.15, 0.2) is 24.3 Å². The van der Waals surface area contributed by atoms with Crippen molar-refractivity contribution >= 4 is 5.95 Å². The lowest BCUT2D eigenvalue weighted by Crippen LogP contribution is -2.05. The van der Waals surface area contributed by atoms with Crippen molar-refractivity contribution in [1.82, 2.24) is 14.8 Å². The van der Waals surface area contributed by atoms with Crippen molar-refractivity contribution < 1.29 is 0 Å². The van der Waals surface area contributed by atoms with Crippen molar-refractivity contribution in [1.29, 1.82) is 0 Å². The van der Waals surface area contributed by atoms with E-state index >= 15 is 0 Å². The van der Waals surface area contributed by atoms with Gasteiger partial charge >= 0.3 is 0 Å². The fourth-order valence-corrected chi connectivity index (χ4v) is 1.89. The van der Waals surface area contributed by atoms with Gasteiger partial charge in [-0.05, 0) is 18.5 Å². The maximum atomic E-state index is 5.62. The summed E-state index contributed by atoms with van der Waals surface area (Å²) in [6, 6.07) is 8.15. The summed E-state index contributed by atoms with van der Waals surface area (Å²) in [4.78, 5) is 0. The van der Waals surface area contributed by atoms with Gasteiger partial charge in [0.05, 0.1) is 0 Å². The molecule has 0 atom stereocenters. The molecule has 5 heteroatoms. The first-order chi connectivity index (χ1) is 8.27. The third-order valence-electron chi connectivity index (χ3n) is 2.77. The molecule has 0 aliphatic rings. The Bertz CT molecular complexity index is 503. The minimum atomic E-state index is 0.633. The number of anilines is 1. The molecule has 17 heavy (non-hydrogen) atoms. The van der Waals surface area contributed by atoms with Crippen LogP contribution in [0, 0.1) is 0 Å². The van der Waals surface area contributed by atoms with E-state index < -0.39 is 0 Å². The Morgan fingerprint density at radius 3 is 2.71 bits per heavy atom. The van der Waals surface area contributed by atoms with Gasteiger partial charge in [0.15, 0.2) is 5.82 Å². The molecule has 0 unspecified atom stereocenters. The molecule has 90 valence electrons. The minimum Gasteiger partial charge on any atom is -0.357 e. The van der Waals surface area contributed by atoms with Crippen LogP contribution in [-0.2, 0) is 13.5 Å². The van der Waals surface area contributed by atoms with E-state index in [0.29, 0.717) is 6.54 Å². The van der Waals surface area contributed by atoms with E-state index in [-0.39, 0.29) is 0 Å². The molecule has 1 heterocycles. The lowest BCUT2D eigenvalue weighted by Gasteiger charge is -2.08. The highest BCUT2D eigenvalue weighted by molar-refractivity contribution is 5.62. The van der Waals surface area contributed by atoms with Crippen molar-refractivity contribution in [2.75, 3.05) is 18.9 Å². The lowest BCUT2D eigenvalue weighted by molar-refractivity contribution is 0.915. The minimum absolute atomic E-state index is 0.633. The van der Waals surface area contributed by atoms with E-state index in [2.05, 4.69) is 27.6 Å². The first-order valence-electron chi connectivity index (χ1n) is 5.63. The zero-order chi connectivity index (χ0) is 12.3. The third-order valence-corrected chi connectivity index (χ3v) is 2.77. The molecule has 0 radical (unpaired) electrons. The van der Waals surface area contributed by atoms with Gasteiger partial charge in [0.1, 0.15) is 0 Å². The largest absolute Gasteiger partial charge is 0.357 e. The number of aromatic nitrogens is 3. The first-order valence-corrected chi connectivity index (χ1v) is 5.63. The number of benzene rings is 1. The molecule has 0 fully saturated rings. The number of rotatable bonds is 4. The van der Waals surface area contributed by atoms with Gasteiger partial charge in [0, 0.05) is 19.7 Å². The van der Waals surface area contributed by atoms with E-state index in [1.807, 2.05) is 30.8 Å². The summed E-state index contributed by atoms with van der Waals surface area (Å²) in [5, 5.41) is 11.3. The highest BCUT2D eigenvalue weighted by Gasteiger charge is 2.12. The lowest BCUT2D eigenvalue weighted by atomic mass is 10.0. The number of nitrogens with zero attached hydrogens (tertiary/aromatic N) is 3. The smallest absolute Gasteiger partial charge is 0.224 e. The molecule has 0 saturated carbocycles. The van der Waals surface area contributed by atoms with Crippen LogP contribution in [0.25, 0.3) is 11.4 Å². The molecule has 1 aromatic heterocycles. The van der Waals surface area contributed by atoms with Gasteiger partial charge < -0.3 is 11.1 Å². The van der Waals surface area contributed by atoms with Crippen LogP contribution in [0.5, 0.6) is 0 Å². The standard InChI is InChI=1S/C12H17N5/c1-14-12-16-15-11(17(12)2)10-6-4-3-5-9(10)7-8-13/h3-6H,7-8,13H2,1-2H3,(H,14,16). The van der Waals surface area contributed by atoms with Gasteiger partial charge in [-0.3, -0.25) is 4.57 Å². The second-order valence-corrected chi connectivity index (χ2v) is 3.85. The van der Waals surface area contributed by atoms with Crippen LogP contribution in [0.3, 0.4) is 0 Å². The molecule has 5 nitrogen and oxygen atoms in total. The SMILES string of the molecule is CNc1nnc(-c2ccccc2CCN)n1C. The predicted octanol–water partition coefficient (Wildman–Crippen LogP) is 1.02. The number of nitrogens with one attached hydrogen (secondary N) is 1. The van der Waals surface area contributed by atoms with Crippen LogP contribution in [0.1, 0.15) is 5.56 Å². The van der Waals surface area contributed by atoms with Crippen LogP contribution < -0.4 is 11.1 Å². The van der Waals surface area contributed by atoms with Crippen LogP contribution in [0.2, 0.25) is 0 Å². The van der Waals surface area contributed by atoms with Gasteiger partial charge in [-0.1, -0.05) is 24.3 Å². The fraction of sp³-hybridized carbons (Fsp3) is 0.333. The Kier molecular flexibility index (Phi) is 3.39. The zero-order valence-electron chi connectivity index (χ0n) is 10.1. The van der Waals surface area contributed by atoms with Crippen molar-refractivity contribution in [2.24, 2.45) is 12.8 Å². The van der Waals surface area contributed by atoms with Crippen molar-refractivity contribution in [3.63, 3.8) is 0 Å². The molecule has 1 aromatic carbocycles. The van der Waals surface area contributed by atoms with E-state index in [4.69, 9.17) is 5.73 Å². The summed E-state index contributed by atoms with van der Waals surface area (Å²) >= 11 is 0. The Morgan fingerprint density at radius 1 is 1.29 bits per heavy atom. The molecule has 2 rings (SSSR count). The summed E-state index contributed by atoms with van der Waals surface area (Å²) in [5.41, 5.74) is 7.92. The first kappa shape index (κ1) is 11.6. The van der Waals surface area contributed by atoms with E-state index in [0.717, 1.165) is 23.8 Å². The highest BCUT2D eigenvalue weighted by Crippen LogP contribution is 2.23. The molecule has 0 saturated heterocycles. The second kappa shape index (κ2) is 4.97. The van der Waals surface area contributed by atoms with Crippen LogP contribution >= 0.6 is 0 Å². The van der Waals surface area contributed by atoms with Gasteiger partial charge in [0.25, 0.3) is 0 Å². The topological polar surface area (TPSA) is 68.8 Å². The predicted molar refractivity (Wildman–Crippen MR) is 68.7 cm³/mol. The number of nitrogens with two attached hydrogens (primary N) is 1. The summed E-state index contributed by atoms with van der Waals surface area (Å²) < 4.78 is 1.94. The van der Waals surface area contributed by atoms with Gasteiger partial charge in [-0.25, -0.2) is 0 Å². The highest BCUT2D eigenvalue weighted by atomic mass is 15.3. The fourth-order valence-electron chi connectivity index (χ4n) is 1.89. The van der Waals surface area contributed by atoms with Gasteiger partial charge in [-0.15, -0.1) is 10.2 Å². The third kappa shape index (κ3) is 2.14. The molecule has 0 bridgehead atoms. The molecule has 3 N–H and O–H groups in total. The molecule has 0 spiro atoms. The van der Waals surface area contributed by atoms with Gasteiger partial charge in [0.2, 0.25) is 5.95 Å². The van der Waals surface area contributed by atoms with Crippen LogP contribution in [-0.4, -0.2) is 28.4 Å². The number of hydrogen-bond donors (Lipinski definition) is 2. The monoisotopic (exact) mass is 231 g/mol. The quantitative estimate of drug-likeness (QED) is 0.824. The van der Waals surface area contributed by atoms with Crippen molar-refractivity contribution in [2.45, 2.75) is 6.42 Å². The Morgan fingerprint density at radius 2 is 2.06 bits per heavy atom.